The zero-order chi connectivity index (χ0) is 16.8. The van der Waals surface area contributed by atoms with Gasteiger partial charge in [0.05, 0.1) is 47.0 Å². The van der Waals surface area contributed by atoms with Crippen LogP contribution >= 0.6 is 0 Å². The third-order valence-electron chi connectivity index (χ3n) is 3.84. The van der Waals surface area contributed by atoms with Gasteiger partial charge >= 0.3 is 0 Å². The molecule has 0 spiro atoms. The normalized spacial score (nSPS) is 22.7. The molecule has 117 valence electrons. The maximum atomic E-state index is 8.11. The van der Waals surface area contributed by atoms with Crippen LogP contribution in [0.4, 0.5) is 0 Å². The van der Waals surface area contributed by atoms with Crippen molar-refractivity contribution < 1.29 is 1.37 Å². The van der Waals surface area contributed by atoms with Gasteiger partial charge < -0.3 is 0 Å². The summed E-state index contributed by atoms with van der Waals surface area (Å²) in [6.07, 6.45) is 21.0. The Morgan fingerprint density at radius 1 is 0.480 bits per heavy atom. The summed E-state index contributed by atoms with van der Waals surface area (Å²) in [7, 11) is 0. The van der Waals surface area contributed by atoms with Crippen molar-refractivity contribution in [2.45, 2.75) is 0 Å². The third kappa shape index (κ3) is 3.21. The van der Waals surface area contributed by atoms with Crippen LogP contribution in [0, 0.1) is 0 Å². The molecule has 5 rings (SSSR count). The Hall–Kier alpha value is -2.84. The fourth-order valence-corrected chi connectivity index (χ4v) is 2.76. The van der Waals surface area contributed by atoms with Gasteiger partial charge in [-0.3, -0.25) is 0 Å². The summed E-state index contributed by atoms with van der Waals surface area (Å²) in [6.45, 7) is 0. The van der Waals surface area contributed by atoms with Gasteiger partial charge in [-0.05, 0) is 72.9 Å². The van der Waals surface area contributed by atoms with E-state index in [0.717, 1.165) is 39.9 Å². The van der Waals surface area contributed by atoms with Crippen molar-refractivity contribution in [3.8, 4) is 0 Å². The molecule has 0 unspecified atom stereocenters. The predicted octanol–water partition coefficient (Wildman–Crippen LogP) is 3.20. The van der Waals surface area contributed by atoms with Crippen molar-refractivity contribution in [2.75, 3.05) is 0 Å². The van der Waals surface area contributed by atoms with E-state index in [1.54, 1.807) is 6.08 Å². The van der Waals surface area contributed by atoms with Crippen LogP contribution in [0.3, 0.4) is 0 Å². The zero-order valence-electron chi connectivity index (χ0n) is 14.1. The molecule has 0 fully saturated rings. The van der Waals surface area contributed by atoms with Gasteiger partial charge in [0, 0.05) is 18.0 Å². The third-order valence-corrected chi connectivity index (χ3v) is 3.84. The number of aliphatic imine (C=N–C) groups is 4. The minimum Gasteiger partial charge on any atom is -0.249 e. The summed E-state index contributed by atoms with van der Waals surface area (Å²) in [4.78, 5) is 18.2. The fourth-order valence-electron chi connectivity index (χ4n) is 2.76. The van der Waals surface area contributed by atoms with E-state index in [0.29, 0.717) is 11.7 Å². The summed E-state index contributed by atoms with van der Waals surface area (Å²) >= 11 is 0. The second-order valence-electron chi connectivity index (χ2n) is 5.67. The van der Waals surface area contributed by atoms with Crippen LogP contribution in [0.15, 0.2) is 116 Å². The molecule has 0 aromatic carbocycles. The molecule has 0 aromatic heterocycles. The topological polar surface area (TPSA) is 49.4 Å². The van der Waals surface area contributed by atoms with E-state index in [4.69, 9.17) is 1.37 Å². The summed E-state index contributed by atoms with van der Waals surface area (Å²) in [6, 6.07) is 0.379. The Labute approximate surface area is 158 Å². The standard InChI is InChI=1S/C20H12N4.As/c1-2-14-10-16-5-6-18(23-16)12-20-8-7-19(24-20)11-17-4-3-15(22-17)9-13(1)21-14;/h1-12H;/i1D;. The van der Waals surface area contributed by atoms with Crippen molar-refractivity contribution in [2.24, 2.45) is 20.0 Å². The van der Waals surface area contributed by atoms with Gasteiger partial charge in [-0.1, -0.05) is 0 Å². The summed E-state index contributed by atoms with van der Waals surface area (Å²) in [5.74, 6) is 0. The minimum atomic E-state index is 0. The Morgan fingerprint density at radius 2 is 0.840 bits per heavy atom. The number of hydrogen-bond acceptors (Lipinski definition) is 4. The first-order valence-electron chi connectivity index (χ1n) is 8.16. The molecule has 5 heterocycles. The van der Waals surface area contributed by atoms with Gasteiger partial charge in [-0.2, -0.15) is 0 Å². The summed E-state index contributed by atoms with van der Waals surface area (Å²) in [5, 5.41) is 0. The molecule has 5 aliphatic heterocycles. The van der Waals surface area contributed by atoms with E-state index >= 15 is 0 Å². The maximum Gasteiger partial charge on any atom is 0.0659 e. The van der Waals surface area contributed by atoms with Gasteiger partial charge in [-0.25, -0.2) is 20.0 Å². The molecular weight excluding hydrogens is 371 g/mol. The monoisotopic (exact) mass is 384 g/mol. The van der Waals surface area contributed by atoms with Crippen molar-refractivity contribution in [3.63, 3.8) is 0 Å². The first kappa shape index (κ1) is 14.5. The number of rotatable bonds is 0. The van der Waals surface area contributed by atoms with Gasteiger partial charge in [0.15, 0.2) is 0 Å². The van der Waals surface area contributed by atoms with Crippen molar-refractivity contribution in [1.29, 1.82) is 0 Å². The molecule has 4 nitrogen and oxygen atoms in total. The Morgan fingerprint density at radius 3 is 1.32 bits per heavy atom. The largest absolute Gasteiger partial charge is 0.249 e. The number of hydrogen-bond donors (Lipinski definition) is 0. The van der Waals surface area contributed by atoms with Crippen LogP contribution in [0.25, 0.3) is 0 Å². The predicted molar refractivity (Wildman–Crippen MR) is 104 cm³/mol. The average molecular weight is 384 g/mol. The number of fused-ring (bicyclic) bond motifs is 4. The van der Waals surface area contributed by atoms with Crippen LogP contribution in [0.5, 0.6) is 0 Å². The van der Waals surface area contributed by atoms with E-state index in [-0.39, 0.29) is 18.0 Å². The first-order chi connectivity index (χ1) is 12.2. The quantitative estimate of drug-likeness (QED) is 0.576. The van der Waals surface area contributed by atoms with E-state index in [1.165, 1.54) is 0 Å². The SMILES string of the molecule is [2H]C1=CC2=NC1=CC1=NC(=CC3=NC(=CC4=NC(=C2)C=C4)C=C3)C=C1.[As]. The van der Waals surface area contributed by atoms with Crippen molar-refractivity contribution in [1.82, 2.24) is 0 Å². The molecule has 0 atom stereocenters. The van der Waals surface area contributed by atoms with E-state index in [9.17, 15) is 0 Å². The fraction of sp³-hybridized carbons (Fsp3) is 0. The van der Waals surface area contributed by atoms with Gasteiger partial charge in [0.1, 0.15) is 0 Å². The van der Waals surface area contributed by atoms with Crippen LogP contribution in [-0.4, -0.2) is 40.8 Å². The molecule has 0 saturated heterocycles. The Bertz CT molecular complexity index is 1080. The van der Waals surface area contributed by atoms with Gasteiger partial charge in [-0.15, -0.1) is 0 Å². The van der Waals surface area contributed by atoms with E-state index in [1.807, 2.05) is 60.8 Å². The Kier molecular flexibility index (Phi) is 3.61. The zero-order valence-corrected chi connectivity index (χ0v) is 15.0. The molecule has 5 heteroatoms. The summed E-state index contributed by atoms with van der Waals surface area (Å²) < 4.78 is 8.11. The molecule has 8 bridgehead atoms. The molecule has 5 aliphatic rings. The van der Waals surface area contributed by atoms with Crippen molar-refractivity contribution in [3.05, 3.63) is 95.7 Å². The Balaban J connectivity index is 0.00000168. The first-order valence-corrected chi connectivity index (χ1v) is 7.66. The van der Waals surface area contributed by atoms with Crippen LogP contribution in [0.2, 0.25) is 0 Å². The van der Waals surface area contributed by atoms with Crippen molar-refractivity contribution >= 4 is 40.8 Å². The molecule has 0 saturated carbocycles. The van der Waals surface area contributed by atoms with Crippen LogP contribution in [0.1, 0.15) is 1.37 Å². The van der Waals surface area contributed by atoms with Gasteiger partial charge in [0.25, 0.3) is 0 Å². The molecule has 0 N–H and O–H groups in total. The molecule has 0 amide bonds. The van der Waals surface area contributed by atoms with Gasteiger partial charge in [0.2, 0.25) is 0 Å². The minimum absolute atomic E-state index is 0. The molecule has 0 aliphatic carbocycles. The number of nitrogens with zero attached hydrogens (tertiary/aromatic N) is 4. The average Bonchev–Trinajstić information content (AvgIpc) is 3.33. The second-order valence-corrected chi connectivity index (χ2v) is 5.67. The van der Waals surface area contributed by atoms with E-state index < -0.39 is 0 Å². The molecular formula is C20H12AsN4. The second kappa shape index (κ2) is 6.23. The van der Waals surface area contributed by atoms with Crippen LogP contribution in [-0.2, 0) is 0 Å². The summed E-state index contributed by atoms with van der Waals surface area (Å²) in [5.41, 5.74) is 6.33. The smallest absolute Gasteiger partial charge is 0.0659 e. The maximum absolute atomic E-state index is 8.11. The molecule has 0 aromatic rings. The van der Waals surface area contributed by atoms with E-state index in [2.05, 4.69) is 20.0 Å². The molecule has 3 radical (unpaired) electrons. The molecule has 25 heavy (non-hydrogen) atoms. The number of allylic oxidation sites excluding steroid dienone is 12. The van der Waals surface area contributed by atoms with Crippen LogP contribution < -0.4 is 0 Å².